The highest BCUT2D eigenvalue weighted by molar-refractivity contribution is 5.74. The van der Waals surface area contributed by atoms with Gasteiger partial charge in [0.05, 0.1) is 6.54 Å². The van der Waals surface area contributed by atoms with E-state index in [2.05, 4.69) is 25.4 Å². The average Bonchev–Trinajstić information content (AvgIpc) is 3.14. The van der Waals surface area contributed by atoms with Crippen LogP contribution in [0.3, 0.4) is 0 Å². The Labute approximate surface area is 140 Å². The summed E-state index contributed by atoms with van der Waals surface area (Å²) in [5, 5.41) is 6.65. The minimum Gasteiger partial charge on any atom is -0.342 e. The summed E-state index contributed by atoms with van der Waals surface area (Å²) in [4.78, 5) is 24.8. The molecule has 0 aliphatic carbocycles. The summed E-state index contributed by atoms with van der Waals surface area (Å²) in [6.45, 7) is 3.42. The normalized spacial score (nSPS) is 20.8. The summed E-state index contributed by atoms with van der Waals surface area (Å²) in [6.07, 6.45) is -3.12. The molecule has 0 spiro atoms. The van der Waals surface area contributed by atoms with Crippen molar-refractivity contribution in [2.24, 2.45) is 0 Å². The smallest absolute Gasteiger partial charge is 0.342 e. The molecule has 8 nitrogen and oxygen atoms in total. The zero-order chi connectivity index (χ0) is 18.2. The van der Waals surface area contributed by atoms with Crippen LogP contribution in [0.1, 0.15) is 30.8 Å². The third-order valence-electron chi connectivity index (χ3n) is 3.86. The fraction of sp³-hybridized carbons (Fsp3) is 0.500. The first-order valence-electron chi connectivity index (χ1n) is 7.44. The number of halogens is 3. The molecule has 0 radical (unpaired) electrons. The van der Waals surface area contributed by atoms with Gasteiger partial charge in [-0.25, -0.2) is 9.97 Å². The van der Waals surface area contributed by atoms with Crippen LogP contribution in [0.5, 0.6) is 0 Å². The first kappa shape index (κ1) is 17.1. The molecule has 2 aromatic heterocycles. The molecule has 1 amide bonds. The van der Waals surface area contributed by atoms with Crippen LogP contribution in [0.4, 0.5) is 19.1 Å². The maximum absolute atomic E-state index is 12.8. The molecule has 3 heterocycles. The van der Waals surface area contributed by atoms with E-state index in [4.69, 9.17) is 4.52 Å². The van der Waals surface area contributed by atoms with Crippen LogP contribution in [0.15, 0.2) is 16.8 Å². The molecule has 0 saturated carbocycles. The molecule has 3 rings (SSSR count). The van der Waals surface area contributed by atoms with Crippen LogP contribution in [-0.4, -0.2) is 39.1 Å². The summed E-state index contributed by atoms with van der Waals surface area (Å²) in [5.41, 5.74) is -1.99. The number of aryl methyl sites for hydroxylation is 1. The third kappa shape index (κ3) is 3.39. The van der Waals surface area contributed by atoms with E-state index in [1.165, 1.54) is 6.92 Å². The molecular formula is C14H15F3N6O2. The van der Waals surface area contributed by atoms with E-state index in [1.54, 1.807) is 11.8 Å². The number of hydrogen-bond acceptors (Lipinski definition) is 7. The molecule has 1 N–H and O–H groups in total. The Hall–Kier alpha value is -2.72. The number of nitrogens with one attached hydrogen (secondary N) is 1. The van der Waals surface area contributed by atoms with Gasteiger partial charge >= 0.3 is 6.18 Å². The zero-order valence-corrected chi connectivity index (χ0v) is 13.5. The van der Waals surface area contributed by atoms with E-state index < -0.39 is 17.4 Å². The van der Waals surface area contributed by atoms with Gasteiger partial charge in [-0.3, -0.25) is 4.79 Å². The number of aromatic nitrogens is 4. The van der Waals surface area contributed by atoms with Gasteiger partial charge in [0.1, 0.15) is 11.2 Å². The maximum Gasteiger partial charge on any atom is 0.433 e. The van der Waals surface area contributed by atoms with Crippen LogP contribution >= 0.6 is 0 Å². The second kappa shape index (κ2) is 5.97. The number of carbonyl (C=O) groups excluding carboxylic acids is 1. The highest BCUT2D eigenvalue weighted by atomic mass is 19.4. The molecule has 11 heteroatoms. The van der Waals surface area contributed by atoms with Crippen molar-refractivity contribution in [1.82, 2.24) is 25.4 Å². The molecule has 1 saturated heterocycles. The van der Waals surface area contributed by atoms with E-state index >= 15 is 0 Å². The highest BCUT2D eigenvalue weighted by Gasteiger charge is 2.45. The molecule has 0 bridgehead atoms. The Morgan fingerprint density at radius 1 is 1.40 bits per heavy atom. The van der Waals surface area contributed by atoms with Gasteiger partial charge in [-0.1, -0.05) is 5.16 Å². The van der Waals surface area contributed by atoms with Crippen molar-refractivity contribution in [2.75, 3.05) is 18.0 Å². The lowest BCUT2D eigenvalue weighted by atomic mass is 9.97. The van der Waals surface area contributed by atoms with E-state index in [-0.39, 0.29) is 24.2 Å². The van der Waals surface area contributed by atoms with Crippen molar-refractivity contribution >= 4 is 11.9 Å². The predicted octanol–water partition coefficient (Wildman–Crippen LogP) is 1.43. The van der Waals surface area contributed by atoms with Gasteiger partial charge in [-0.15, -0.1) is 0 Å². The first-order valence-corrected chi connectivity index (χ1v) is 7.44. The number of carbonyl (C=O) groups is 1. The van der Waals surface area contributed by atoms with Crippen LogP contribution in [0.2, 0.25) is 0 Å². The minimum atomic E-state index is -4.56. The Morgan fingerprint density at radius 2 is 2.16 bits per heavy atom. The van der Waals surface area contributed by atoms with Crippen molar-refractivity contribution in [2.45, 2.75) is 32.0 Å². The third-order valence-corrected chi connectivity index (χ3v) is 3.86. The van der Waals surface area contributed by atoms with Crippen LogP contribution in [-0.2, 0) is 16.5 Å². The number of nitrogens with zero attached hydrogens (tertiary/aromatic N) is 5. The van der Waals surface area contributed by atoms with Crippen LogP contribution in [0, 0.1) is 6.92 Å². The van der Waals surface area contributed by atoms with Gasteiger partial charge in [0.2, 0.25) is 17.7 Å². The van der Waals surface area contributed by atoms with Crippen LogP contribution < -0.4 is 10.2 Å². The average molecular weight is 356 g/mol. The quantitative estimate of drug-likeness (QED) is 0.888. The number of alkyl halides is 3. The number of amides is 1. The van der Waals surface area contributed by atoms with Crippen molar-refractivity contribution in [3.8, 4) is 0 Å². The lowest BCUT2D eigenvalue weighted by Gasteiger charge is -2.26. The molecule has 0 unspecified atom stereocenters. The van der Waals surface area contributed by atoms with Gasteiger partial charge in [0.15, 0.2) is 5.82 Å². The molecule has 134 valence electrons. The van der Waals surface area contributed by atoms with Gasteiger partial charge in [-0.2, -0.15) is 18.2 Å². The van der Waals surface area contributed by atoms with Gasteiger partial charge in [-0.05, 0) is 12.5 Å². The van der Waals surface area contributed by atoms with E-state index in [9.17, 15) is 18.0 Å². The Bertz CT molecular complexity index is 793. The van der Waals surface area contributed by atoms with E-state index in [1.807, 2.05) is 0 Å². The molecular weight excluding hydrogens is 341 g/mol. The lowest BCUT2D eigenvalue weighted by molar-refractivity contribution is -0.141. The summed E-state index contributed by atoms with van der Waals surface area (Å²) < 4.78 is 43.5. The Kier molecular flexibility index (Phi) is 4.09. The van der Waals surface area contributed by atoms with Crippen molar-refractivity contribution in [3.63, 3.8) is 0 Å². The maximum atomic E-state index is 12.8. The second-order valence-electron chi connectivity index (χ2n) is 5.81. The number of anilines is 1. The fourth-order valence-electron chi connectivity index (χ4n) is 2.81. The molecule has 2 aromatic rings. The molecule has 1 aliphatic rings. The fourth-order valence-corrected chi connectivity index (χ4v) is 2.81. The molecule has 1 atom stereocenters. The van der Waals surface area contributed by atoms with Crippen LogP contribution in [0.25, 0.3) is 0 Å². The monoisotopic (exact) mass is 356 g/mol. The van der Waals surface area contributed by atoms with Gasteiger partial charge < -0.3 is 14.7 Å². The minimum absolute atomic E-state index is 0.0673. The van der Waals surface area contributed by atoms with Crippen molar-refractivity contribution in [3.05, 3.63) is 29.7 Å². The highest BCUT2D eigenvalue weighted by Crippen LogP contribution is 2.33. The summed E-state index contributed by atoms with van der Waals surface area (Å²) in [6, 6.07) is 0.809. The molecule has 25 heavy (non-hydrogen) atoms. The lowest BCUT2D eigenvalue weighted by Crippen LogP contribution is -2.48. The summed E-state index contributed by atoms with van der Waals surface area (Å²) in [5.74, 6) is 0.222. The Balaban J connectivity index is 1.91. The Morgan fingerprint density at radius 3 is 2.76 bits per heavy atom. The topological polar surface area (TPSA) is 97.0 Å². The van der Waals surface area contributed by atoms with E-state index in [0.29, 0.717) is 18.9 Å². The van der Waals surface area contributed by atoms with Gasteiger partial charge in [0, 0.05) is 26.6 Å². The predicted molar refractivity (Wildman–Crippen MR) is 78.4 cm³/mol. The zero-order valence-electron chi connectivity index (χ0n) is 13.5. The summed E-state index contributed by atoms with van der Waals surface area (Å²) >= 11 is 0. The number of hydrogen-bond donors (Lipinski definition) is 1. The largest absolute Gasteiger partial charge is 0.433 e. The summed E-state index contributed by atoms with van der Waals surface area (Å²) in [7, 11) is 0. The van der Waals surface area contributed by atoms with Gasteiger partial charge in [0.25, 0.3) is 0 Å². The second-order valence-corrected chi connectivity index (χ2v) is 5.81. The van der Waals surface area contributed by atoms with Crippen molar-refractivity contribution < 1.29 is 22.5 Å². The molecule has 0 aromatic carbocycles. The SMILES string of the molecule is CC(=O)N[C@]1(c2noc(C)n2)CCN(c2nccc(C(F)(F)F)n2)C1. The van der Waals surface area contributed by atoms with E-state index in [0.717, 1.165) is 12.3 Å². The standard InChI is InChI=1S/C14H15F3N6O2/c1-8(24)21-13(11-19-9(2)25-22-11)4-6-23(7-13)12-18-5-3-10(20-12)14(15,16)17/h3,5H,4,6-7H2,1-2H3,(H,21,24)/t13-/m1/s1. The molecule has 1 aliphatic heterocycles. The molecule has 1 fully saturated rings. The van der Waals surface area contributed by atoms with Crippen molar-refractivity contribution in [1.29, 1.82) is 0 Å². The number of rotatable bonds is 3. The first-order chi connectivity index (χ1) is 11.7.